The fraction of sp³-hybridized carbons (Fsp3) is 0.0909. The maximum absolute atomic E-state index is 10.8. The third-order valence-electron chi connectivity index (χ3n) is 2.49. The Morgan fingerprint density at radius 1 is 1.40 bits per heavy atom. The van der Waals surface area contributed by atoms with Gasteiger partial charge >= 0.3 is 5.97 Å². The number of hydrogen-bond donors (Lipinski definition) is 1. The Bertz CT molecular complexity index is 613. The first kappa shape index (κ1) is 8.23. The predicted molar refractivity (Wildman–Crippen MR) is 54.8 cm³/mol. The average Bonchev–Trinajstić information content (AvgIpc) is 2.82. The number of rotatable bonds is 1. The van der Waals surface area contributed by atoms with E-state index in [-0.39, 0.29) is 5.71 Å². The molecule has 0 saturated heterocycles. The van der Waals surface area contributed by atoms with Crippen molar-refractivity contribution in [1.82, 2.24) is 0 Å². The van der Waals surface area contributed by atoms with Gasteiger partial charge in [-0.1, -0.05) is 0 Å². The molecule has 2 heterocycles. The molecule has 15 heavy (non-hydrogen) atoms. The topological polar surface area (TPSA) is 58.9 Å². The monoisotopic (exact) mass is 201 g/mol. The fourth-order valence-electron chi connectivity index (χ4n) is 1.81. The number of hydrogen-bond acceptors (Lipinski definition) is 3. The van der Waals surface area contributed by atoms with Crippen LogP contribution in [0, 0.1) is 0 Å². The molecule has 3 rings (SSSR count). The molecular weight excluding hydrogens is 194 g/mol. The molecule has 0 unspecified atom stereocenters. The quantitative estimate of drug-likeness (QED) is 0.685. The number of carboxylic acids is 1. The van der Waals surface area contributed by atoms with E-state index >= 15 is 0 Å². The normalized spacial score (nSPS) is 15.6. The van der Waals surface area contributed by atoms with E-state index in [0.29, 0.717) is 12.3 Å². The molecule has 1 N–H and O–H groups in total. The van der Waals surface area contributed by atoms with Gasteiger partial charge in [0.25, 0.3) is 0 Å². The van der Waals surface area contributed by atoms with Crippen molar-refractivity contribution in [3.05, 3.63) is 22.6 Å². The van der Waals surface area contributed by atoms with Gasteiger partial charge in [-0.25, -0.2) is 9.79 Å². The summed E-state index contributed by atoms with van der Waals surface area (Å²) in [4.78, 5) is 14.8. The molecule has 0 amide bonds. The van der Waals surface area contributed by atoms with Crippen molar-refractivity contribution in [3.8, 4) is 5.75 Å². The predicted octanol–water partition coefficient (Wildman–Crippen LogP) is -0.189. The molecule has 2 aliphatic heterocycles. The van der Waals surface area contributed by atoms with Crippen molar-refractivity contribution in [1.29, 1.82) is 0 Å². The lowest BCUT2D eigenvalue weighted by Gasteiger charge is -1.96. The molecule has 0 bridgehead atoms. The van der Waals surface area contributed by atoms with Crippen LogP contribution in [0.5, 0.6) is 5.75 Å². The Hall–Kier alpha value is -2.10. The molecule has 0 fully saturated rings. The number of aliphatic imine (C=N–C) groups is 1. The lowest BCUT2D eigenvalue weighted by atomic mass is 10.2. The molecule has 4 nitrogen and oxygen atoms in total. The fourth-order valence-corrected chi connectivity index (χ4v) is 1.81. The van der Waals surface area contributed by atoms with Crippen molar-refractivity contribution in [3.63, 3.8) is 0 Å². The van der Waals surface area contributed by atoms with Crippen LogP contribution in [0.2, 0.25) is 0 Å². The minimum Gasteiger partial charge on any atom is -0.489 e. The summed E-state index contributed by atoms with van der Waals surface area (Å²) in [5, 5.41) is 10.6. The van der Waals surface area contributed by atoms with Gasteiger partial charge in [0.15, 0.2) is 0 Å². The van der Waals surface area contributed by atoms with E-state index in [1.807, 2.05) is 12.1 Å². The van der Waals surface area contributed by atoms with Gasteiger partial charge in [-0.15, -0.1) is 0 Å². The van der Waals surface area contributed by atoms with Crippen LogP contribution in [0.4, 0.5) is 5.69 Å². The van der Waals surface area contributed by atoms with Gasteiger partial charge in [0, 0.05) is 10.4 Å². The van der Waals surface area contributed by atoms with E-state index in [1.165, 1.54) is 0 Å². The summed E-state index contributed by atoms with van der Waals surface area (Å²) in [7, 11) is 0. The maximum atomic E-state index is 10.8. The van der Waals surface area contributed by atoms with Crippen molar-refractivity contribution in [2.45, 2.75) is 0 Å². The van der Waals surface area contributed by atoms with Crippen molar-refractivity contribution in [2.24, 2.45) is 4.99 Å². The second-order valence-corrected chi connectivity index (χ2v) is 3.37. The van der Waals surface area contributed by atoms with Gasteiger partial charge in [-0.05, 0) is 24.3 Å². The van der Waals surface area contributed by atoms with E-state index < -0.39 is 5.97 Å². The van der Waals surface area contributed by atoms with Crippen LogP contribution in [0.3, 0.4) is 0 Å². The summed E-state index contributed by atoms with van der Waals surface area (Å²) in [5.74, 6) is -0.203. The molecule has 0 radical (unpaired) electrons. The number of benzene rings is 1. The smallest absolute Gasteiger partial charge is 0.354 e. The Labute approximate surface area is 84.8 Å². The molecule has 1 aromatic carbocycles. The highest BCUT2D eigenvalue weighted by Gasteiger charge is 2.16. The van der Waals surface area contributed by atoms with Crippen LogP contribution in [-0.4, -0.2) is 23.4 Å². The molecule has 1 aromatic rings. The molecule has 2 aliphatic rings. The zero-order valence-corrected chi connectivity index (χ0v) is 7.73. The van der Waals surface area contributed by atoms with Crippen LogP contribution < -0.4 is 15.2 Å². The number of ether oxygens (including phenoxy) is 1. The number of carbonyl (C=O) groups is 1. The molecule has 0 atom stereocenters. The standard InChI is InChI=1S/C11H7NO3/c13-11(14)9-5-7-6-3-4-15-10(6)2-1-8(7)12-9/h1-3,5H,4H2,(H,13,14). The second-order valence-electron chi connectivity index (χ2n) is 3.37. The summed E-state index contributed by atoms with van der Waals surface area (Å²) in [6.45, 7) is 0.544. The molecule has 0 saturated carbocycles. The zero-order chi connectivity index (χ0) is 10.4. The van der Waals surface area contributed by atoms with E-state index in [1.54, 1.807) is 12.1 Å². The van der Waals surface area contributed by atoms with E-state index in [2.05, 4.69) is 4.99 Å². The van der Waals surface area contributed by atoms with Crippen molar-refractivity contribution < 1.29 is 14.6 Å². The lowest BCUT2D eigenvalue weighted by molar-refractivity contribution is -0.129. The minimum atomic E-state index is -1.00. The van der Waals surface area contributed by atoms with Crippen molar-refractivity contribution >= 4 is 29.5 Å². The molecule has 0 aromatic heterocycles. The summed E-state index contributed by atoms with van der Waals surface area (Å²) in [6.07, 6.45) is 3.52. The third-order valence-corrected chi connectivity index (χ3v) is 2.49. The first-order chi connectivity index (χ1) is 7.25. The second kappa shape index (κ2) is 2.70. The number of nitrogens with zero attached hydrogens (tertiary/aromatic N) is 1. The SMILES string of the molecule is O=C(O)C1=Nc2ccc3c(c2=C1)=CCO3. The molecular formula is C11H7NO3. The third kappa shape index (κ3) is 1.08. The van der Waals surface area contributed by atoms with Crippen molar-refractivity contribution in [2.75, 3.05) is 6.61 Å². The highest BCUT2D eigenvalue weighted by Crippen LogP contribution is 2.15. The number of carboxylic acid groups (broad SMARTS) is 1. The van der Waals surface area contributed by atoms with Gasteiger partial charge in [0.1, 0.15) is 18.1 Å². The highest BCUT2D eigenvalue weighted by atomic mass is 16.5. The lowest BCUT2D eigenvalue weighted by Crippen LogP contribution is -2.23. The summed E-state index contributed by atoms with van der Waals surface area (Å²) in [6, 6.07) is 3.60. The summed E-state index contributed by atoms with van der Waals surface area (Å²) >= 11 is 0. The summed E-state index contributed by atoms with van der Waals surface area (Å²) in [5.41, 5.74) is 0.784. The van der Waals surface area contributed by atoms with Crippen LogP contribution in [0.25, 0.3) is 12.2 Å². The number of aliphatic carboxylic acids is 1. The van der Waals surface area contributed by atoms with Gasteiger partial charge in [-0.2, -0.15) is 0 Å². The average molecular weight is 201 g/mol. The van der Waals surface area contributed by atoms with Gasteiger partial charge in [-0.3, -0.25) is 0 Å². The molecule has 0 spiro atoms. The van der Waals surface area contributed by atoms with Gasteiger partial charge in [0.2, 0.25) is 0 Å². The van der Waals surface area contributed by atoms with Crippen LogP contribution >= 0.6 is 0 Å². The molecule has 0 aliphatic carbocycles. The van der Waals surface area contributed by atoms with Crippen LogP contribution in [-0.2, 0) is 4.79 Å². The number of fused-ring (bicyclic) bond motifs is 3. The van der Waals surface area contributed by atoms with E-state index in [4.69, 9.17) is 9.84 Å². The van der Waals surface area contributed by atoms with Crippen LogP contribution in [0.15, 0.2) is 17.1 Å². The van der Waals surface area contributed by atoms with Crippen LogP contribution in [0.1, 0.15) is 0 Å². The van der Waals surface area contributed by atoms with Gasteiger partial charge in [0.05, 0.1) is 5.69 Å². The van der Waals surface area contributed by atoms with E-state index in [0.717, 1.165) is 16.2 Å². The highest BCUT2D eigenvalue weighted by molar-refractivity contribution is 6.49. The van der Waals surface area contributed by atoms with E-state index in [9.17, 15) is 4.79 Å². The Balaban J connectivity index is 2.33. The largest absolute Gasteiger partial charge is 0.489 e. The first-order valence-corrected chi connectivity index (χ1v) is 4.55. The molecule has 4 heteroatoms. The Morgan fingerprint density at radius 2 is 2.27 bits per heavy atom. The first-order valence-electron chi connectivity index (χ1n) is 4.55. The van der Waals surface area contributed by atoms with Gasteiger partial charge < -0.3 is 9.84 Å². The Kier molecular flexibility index (Phi) is 1.48. The zero-order valence-electron chi connectivity index (χ0n) is 7.73. The maximum Gasteiger partial charge on any atom is 0.354 e. The minimum absolute atomic E-state index is 0.0821. The molecule has 74 valence electrons. The summed E-state index contributed by atoms with van der Waals surface area (Å²) < 4.78 is 5.35. The Morgan fingerprint density at radius 3 is 3.07 bits per heavy atom.